The number of carboxylic acids is 2. The number of nitrogens with one attached hydrogen (secondary N) is 1. The minimum Gasteiger partial charge on any atom is -0.478 e. The summed E-state index contributed by atoms with van der Waals surface area (Å²) in [6.07, 6.45) is 1.12. The molecule has 0 fully saturated rings. The zero-order valence-electron chi connectivity index (χ0n) is 16.3. The summed E-state index contributed by atoms with van der Waals surface area (Å²) >= 11 is 0. The maximum Gasteiger partial charge on any atom is 0.328 e. The molecular formula is C18H27N3O7S. The van der Waals surface area contributed by atoms with Gasteiger partial charge in [0.25, 0.3) is 0 Å². The van der Waals surface area contributed by atoms with E-state index in [1.807, 2.05) is 13.8 Å². The monoisotopic (exact) mass is 429 g/mol. The van der Waals surface area contributed by atoms with Gasteiger partial charge in [-0.15, -0.1) is 0 Å². The molecule has 0 saturated heterocycles. The van der Waals surface area contributed by atoms with Crippen LogP contribution in [-0.4, -0.2) is 72.9 Å². The number of nitrogens with zero attached hydrogens (tertiary/aromatic N) is 1. The van der Waals surface area contributed by atoms with Gasteiger partial charge in [0.1, 0.15) is 0 Å². The van der Waals surface area contributed by atoms with Gasteiger partial charge in [0.05, 0.1) is 10.6 Å². The van der Waals surface area contributed by atoms with Crippen LogP contribution in [0.5, 0.6) is 0 Å². The average Bonchev–Trinajstić information content (AvgIpc) is 2.65. The molecule has 0 bridgehead atoms. The van der Waals surface area contributed by atoms with Crippen LogP contribution in [0.2, 0.25) is 0 Å². The van der Waals surface area contributed by atoms with Gasteiger partial charge in [-0.1, -0.05) is 18.2 Å². The molecular weight excluding hydrogens is 402 g/mol. The van der Waals surface area contributed by atoms with E-state index in [1.54, 1.807) is 30.3 Å². The van der Waals surface area contributed by atoms with Crippen molar-refractivity contribution in [2.45, 2.75) is 24.8 Å². The molecule has 0 saturated carbocycles. The Labute approximate surface area is 169 Å². The second-order valence-corrected chi connectivity index (χ2v) is 8.06. The van der Waals surface area contributed by atoms with Gasteiger partial charge < -0.3 is 26.2 Å². The smallest absolute Gasteiger partial charge is 0.328 e. The number of hydrogen-bond donors (Lipinski definition) is 4. The Balaban J connectivity index is 0.000000828. The van der Waals surface area contributed by atoms with Crippen molar-refractivity contribution in [3.8, 4) is 0 Å². The lowest BCUT2D eigenvalue weighted by Crippen LogP contribution is -2.47. The number of sulfone groups is 1. The van der Waals surface area contributed by atoms with Crippen LogP contribution in [0.25, 0.3) is 0 Å². The quantitative estimate of drug-likeness (QED) is 0.413. The number of carbonyl (C=O) groups excluding carboxylic acids is 1. The minimum atomic E-state index is -3.39. The molecule has 11 heteroatoms. The van der Waals surface area contributed by atoms with E-state index in [0.717, 1.165) is 0 Å². The summed E-state index contributed by atoms with van der Waals surface area (Å²) in [5.74, 6) is -2.62. The number of urea groups is 1. The Bertz CT molecular complexity index is 777. The molecule has 0 aromatic heterocycles. The SMILES string of the molecule is CC(C)N(CCS(=O)(=O)c1ccccc1)C(=O)NCCN.O=C(O)C=CC(=O)O. The summed E-state index contributed by atoms with van der Waals surface area (Å²) in [7, 11) is -3.39. The van der Waals surface area contributed by atoms with Crippen LogP contribution < -0.4 is 11.1 Å². The molecule has 0 spiro atoms. The fourth-order valence-corrected chi connectivity index (χ4v) is 3.23. The highest BCUT2D eigenvalue weighted by Crippen LogP contribution is 2.11. The highest BCUT2D eigenvalue weighted by atomic mass is 32.2. The van der Waals surface area contributed by atoms with Crippen LogP contribution >= 0.6 is 0 Å². The van der Waals surface area contributed by atoms with Gasteiger partial charge in [0, 0.05) is 37.8 Å². The molecule has 5 N–H and O–H groups in total. The summed E-state index contributed by atoms with van der Waals surface area (Å²) in [6, 6.07) is 7.86. The fraction of sp³-hybridized carbons (Fsp3) is 0.389. The zero-order chi connectivity index (χ0) is 22.4. The zero-order valence-corrected chi connectivity index (χ0v) is 17.1. The van der Waals surface area contributed by atoms with Crippen LogP contribution in [-0.2, 0) is 19.4 Å². The van der Waals surface area contributed by atoms with E-state index in [-0.39, 0.29) is 29.3 Å². The van der Waals surface area contributed by atoms with Gasteiger partial charge in [-0.2, -0.15) is 0 Å². The van der Waals surface area contributed by atoms with E-state index >= 15 is 0 Å². The number of benzene rings is 1. The molecule has 0 aliphatic rings. The summed E-state index contributed by atoms with van der Waals surface area (Å²) in [4.78, 5) is 32.8. The van der Waals surface area contributed by atoms with Gasteiger partial charge in [-0.05, 0) is 26.0 Å². The van der Waals surface area contributed by atoms with E-state index in [4.69, 9.17) is 15.9 Å². The number of amides is 2. The van der Waals surface area contributed by atoms with E-state index in [2.05, 4.69) is 5.32 Å². The summed E-state index contributed by atoms with van der Waals surface area (Å²) in [5.41, 5.74) is 5.34. The van der Waals surface area contributed by atoms with Crippen LogP contribution in [0.4, 0.5) is 4.79 Å². The Morgan fingerprint density at radius 2 is 1.62 bits per heavy atom. The Morgan fingerprint density at radius 1 is 1.10 bits per heavy atom. The molecule has 0 atom stereocenters. The van der Waals surface area contributed by atoms with Crippen molar-refractivity contribution in [2.24, 2.45) is 5.73 Å². The van der Waals surface area contributed by atoms with Crippen LogP contribution in [0.3, 0.4) is 0 Å². The number of carbonyl (C=O) groups is 3. The topological polar surface area (TPSA) is 167 Å². The highest BCUT2D eigenvalue weighted by Gasteiger charge is 2.21. The van der Waals surface area contributed by atoms with Crippen LogP contribution in [0, 0.1) is 0 Å². The van der Waals surface area contributed by atoms with Crippen molar-refractivity contribution in [1.82, 2.24) is 10.2 Å². The van der Waals surface area contributed by atoms with Crippen molar-refractivity contribution < 1.29 is 33.0 Å². The molecule has 0 aliphatic carbocycles. The van der Waals surface area contributed by atoms with E-state index in [1.165, 1.54) is 4.90 Å². The van der Waals surface area contributed by atoms with Crippen molar-refractivity contribution in [3.63, 3.8) is 0 Å². The minimum absolute atomic E-state index is 0.0891. The molecule has 0 unspecified atom stereocenters. The summed E-state index contributed by atoms with van der Waals surface area (Å²) in [6.45, 7) is 4.55. The van der Waals surface area contributed by atoms with E-state index in [0.29, 0.717) is 25.2 Å². The van der Waals surface area contributed by atoms with Crippen molar-refractivity contribution in [1.29, 1.82) is 0 Å². The third kappa shape index (κ3) is 11.5. The molecule has 0 heterocycles. The lowest BCUT2D eigenvalue weighted by molar-refractivity contribution is -0.134. The Morgan fingerprint density at radius 3 is 2.03 bits per heavy atom. The van der Waals surface area contributed by atoms with Gasteiger partial charge in [-0.3, -0.25) is 0 Å². The first-order valence-corrected chi connectivity index (χ1v) is 10.3. The van der Waals surface area contributed by atoms with Crippen LogP contribution in [0.1, 0.15) is 13.8 Å². The van der Waals surface area contributed by atoms with E-state index < -0.39 is 21.8 Å². The van der Waals surface area contributed by atoms with Gasteiger partial charge in [-0.25, -0.2) is 22.8 Å². The molecule has 0 aliphatic heterocycles. The number of rotatable bonds is 9. The highest BCUT2D eigenvalue weighted by molar-refractivity contribution is 7.91. The number of hydrogen-bond acceptors (Lipinski definition) is 6. The summed E-state index contributed by atoms with van der Waals surface area (Å²) in [5, 5.41) is 18.3. The normalized spacial score (nSPS) is 10.9. The number of nitrogens with two attached hydrogens (primary N) is 1. The van der Waals surface area contributed by atoms with Crippen molar-refractivity contribution >= 4 is 27.8 Å². The molecule has 10 nitrogen and oxygen atoms in total. The molecule has 1 aromatic rings. The first-order chi connectivity index (χ1) is 13.5. The standard InChI is InChI=1S/C14H23N3O3S.C4H4O4/c1-12(2)17(14(18)16-9-8-15)10-11-21(19,20)13-6-4-3-5-7-13;5-3(6)1-2-4(7)8/h3-7,12H,8-11,15H2,1-2H3,(H,16,18);1-2H,(H,5,6)(H,7,8). The Kier molecular flexibility index (Phi) is 12.0. The Hall–Kier alpha value is -2.92. The first kappa shape index (κ1) is 26.1. The molecule has 162 valence electrons. The molecule has 29 heavy (non-hydrogen) atoms. The maximum absolute atomic E-state index is 12.2. The van der Waals surface area contributed by atoms with Gasteiger partial charge in [0.15, 0.2) is 9.84 Å². The summed E-state index contributed by atoms with van der Waals surface area (Å²) < 4.78 is 24.4. The van der Waals surface area contributed by atoms with Gasteiger partial charge >= 0.3 is 18.0 Å². The van der Waals surface area contributed by atoms with Crippen LogP contribution in [0.15, 0.2) is 47.4 Å². The molecule has 1 aromatic carbocycles. The lowest BCUT2D eigenvalue weighted by atomic mass is 10.3. The predicted octanol–water partition coefficient (Wildman–Crippen LogP) is 0.551. The maximum atomic E-state index is 12.2. The fourth-order valence-electron chi connectivity index (χ4n) is 1.98. The first-order valence-electron chi connectivity index (χ1n) is 8.67. The number of aliphatic carboxylic acids is 2. The van der Waals surface area contributed by atoms with Crippen molar-refractivity contribution in [2.75, 3.05) is 25.4 Å². The lowest BCUT2D eigenvalue weighted by Gasteiger charge is -2.26. The van der Waals surface area contributed by atoms with E-state index in [9.17, 15) is 22.8 Å². The second kappa shape index (κ2) is 13.3. The predicted molar refractivity (Wildman–Crippen MR) is 107 cm³/mol. The van der Waals surface area contributed by atoms with Crippen molar-refractivity contribution in [3.05, 3.63) is 42.5 Å². The largest absolute Gasteiger partial charge is 0.478 e. The second-order valence-electron chi connectivity index (χ2n) is 5.95. The molecule has 1 rings (SSSR count). The molecule has 0 radical (unpaired) electrons. The average molecular weight is 429 g/mol. The van der Waals surface area contributed by atoms with Gasteiger partial charge in [0.2, 0.25) is 0 Å². The molecule has 2 amide bonds. The third-order valence-corrected chi connectivity index (χ3v) is 5.09. The third-order valence-electron chi connectivity index (χ3n) is 3.38. The number of carboxylic acid groups (broad SMARTS) is 2.